The molecule has 1 heterocycles. The number of nitrogens with two attached hydrogens (primary N) is 1. The molecule has 3 nitrogen and oxygen atoms in total. The number of pyridine rings is 1. The summed E-state index contributed by atoms with van der Waals surface area (Å²) in [6.07, 6.45) is 2.97. The Kier molecular flexibility index (Phi) is 4.56. The lowest BCUT2D eigenvalue weighted by molar-refractivity contribution is 0.185. The van der Waals surface area contributed by atoms with Gasteiger partial charge in [-0.05, 0) is 30.9 Å². The Morgan fingerprint density at radius 1 is 1.40 bits per heavy atom. The minimum absolute atomic E-state index is 0.200. The van der Waals surface area contributed by atoms with Crippen LogP contribution in [0.3, 0.4) is 0 Å². The summed E-state index contributed by atoms with van der Waals surface area (Å²) in [5.41, 5.74) is 6.60. The molecule has 0 bridgehead atoms. The van der Waals surface area contributed by atoms with E-state index in [2.05, 4.69) is 25.8 Å². The van der Waals surface area contributed by atoms with Gasteiger partial charge in [0.1, 0.15) is 0 Å². The molecule has 1 aromatic rings. The molecule has 2 N–H and O–H groups in total. The van der Waals surface area contributed by atoms with Crippen molar-refractivity contribution in [3.8, 4) is 5.88 Å². The zero-order valence-electron chi connectivity index (χ0n) is 9.73. The van der Waals surface area contributed by atoms with Gasteiger partial charge in [0.05, 0.1) is 6.10 Å². The van der Waals surface area contributed by atoms with Crippen LogP contribution in [-0.2, 0) is 6.54 Å². The number of rotatable bonds is 5. The molecule has 0 saturated heterocycles. The predicted molar refractivity (Wildman–Crippen MR) is 61.7 cm³/mol. The lowest BCUT2D eigenvalue weighted by Gasteiger charge is -2.15. The normalized spacial score (nSPS) is 12.9. The van der Waals surface area contributed by atoms with Crippen molar-refractivity contribution in [3.05, 3.63) is 23.9 Å². The van der Waals surface area contributed by atoms with E-state index in [0.717, 1.165) is 12.0 Å². The molecular formula is C12H20N2O. The number of nitrogens with zero attached hydrogens (tertiary/aromatic N) is 1. The first-order valence-electron chi connectivity index (χ1n) is 5.43. The minimum Gasteiger partial charge on any atom is -0.475 e. The van der Waals surface area contributed by atoms with Gasteiger partial charge in [-0.25, -0.2) is 4.98 Å². The standard InChI is InChI=1S/C12H20N2O/c1-9(2)6-10(3)15-12-7-11(8-13)4-5-14-12/h4-5,7,9-10H,6,8,13H2,1-3H3. The van der Waals surface area contributed by atoms with Crippen molar-refractivity contribution in [2.75, 3.05) is 0 Å². The fraction of sp³-hybridized carbons (Fsp3) is 0.583. The molecule has 0 aliphatic rings. The van der Waals surface area contributed by atoms with Gasteiger partial charge in [-0.2, -0.15) is 0 Å². The molecule has 15 heavy (non-hydrogen) atoms. The van der Waals surface area contributed by atoms with Gasteiger partial charge < -0.3 is 10.5 Å². The van der Waals surface area contributed by atoms with Crippen LogP contribution >= 0.6 is 0 Å². The predicted octanol–water partition coefficient (Wildman–Crippen LogP) is 2.35. The van der Waals surface area contributed by atoms with Gasteiger partial charge >= 0.3 is 0 Å². The molecule has 84 valence electrons. The zero-order chi connectivity index (χ0) is 11.3. The van der Waals surface area contributed by atoms with Crippen LogP contribution < -0.4 is 10.5 Å². The van der Waals surface area contributed by atoms with Gasteiger partial charge in [-0.15, -0.1) is 0 Å². The first-order chi connectivity index (χ1) is 7.11. The third kappa shape index (κ3) is 4.30. The van der Waals surface area contributed by atoms with E-state index in [4.69, 9.17) is 10.5 Å². The highest BCUT2D eigenvalue weighted by molar-refractivity contribution is 5.20. The molecule has 0 saturated carbocycles. The molecule has 0 aliphatic heterocycles. The van der Waals surface area contributed by atoms with Crippen LogP contribution in [0.4, 0.5) is 0 Å². The molecule has 0 spiro atoms. The van der Waals surface area contributed by atoms with Gasteiger partial charge in [0, 0.05) is 18.8 Å². The number of aromatic nitrogens is 1. The largest absolute Gasteiger partial charge is 0.475 e. The number of hydrogen-bond acceptors (Lipinski definition) is 3. The lowest BCUT2D eigenvalue weighted by atomic mass is 10.1. The summed E-state index contributed by atoms with van der Waals surface area (Å²) in [4.78, 5) is 4.16. The first-order valence-corrected chi connectivity index (χ1v) is 5.43. The average Bonchev–Trinajstić information content (AvgIpc) is 2.16. The quantitative estimate of drug-likeness (QED) is 0.808. The molecule has 1 aromatic heterocycles. The second-order valence-corrected chi connectivity index (χ2v) is 4.26. The summed E-state index contributed by atoms with van der Waals surface area (Å²) in [7, 11) is 0. The minimum atomic E-state index is 0.200. The third-order valence-corrected chi connectivity index (χ3v) is 2.16. The van der Waals surface area contributed by atoms with E-state index in [1.54, 1.807) is 6.20 Å². The maximum Gasteiger partial charge on any atom is 0.213 e. The van der Waals surface area contributed by atoms with Crippen LogP contribution in [0, 0.1) is 5.92 Å². The summed E-state index contributed by atoms with van der Waals surface area (Å²) in [5, 5.41) is 0. The Labute approximate surface area is 91.7 Å². The van der Waals surface area contributed by atoms with Crippen LogP contribution in [0.1, 0.15) is 32.8 Å². The molecule has 0 radical (unpaired) electrons. The Morgan fingerprint density at radius 3 is 2.73 bits per heavy atom. The monoisotopic (exact) mass is 208 g/mol. The maximum atomic E-state index is 5.70. The average molecular weight is 208 g/mol. The second-order valence-electron chi connectivity index (χ2n) is 4.26. The van der Waals surface area contributed by atoms with Crippen LogP contribution in [0.25, 0.3) is 0 Å². The molecule has 1 atom stereocenters. The van der Waals surface area contributed by atoms with Crippen molar-refractivity contribution in [2.24, 2.45) is 11.7 Å². The van der Waals surface area contributed by atoms with Gasteiger partial charge in [-0.1, -0.05) is 13.8 Å². The summed E-state index contributed by atoms with van der Waals surface area (Å²) < 4.78 is 5.70. The van der Waals surface area contributed by atoms with Gasteiger partial charge in [0.2, 0.25) is 5.88 Å². The van der Waals surface area contributed by atoms with Crippen molar-refractivity contribution < 1.29 is 4.74 Å². The van der Waals surface area contributed by atoms with E-state index in [-0.39, 0.29) is 6.10 Å². The summed E-state index contributed by atoms with van der Waals surface area (Å²) in [6, 6.07) is 3.80. The highest BCUT2D eigenvalue weighted by atomic mass is 16.5. The first kappa shape index (κ1) is 12.0. The fourth-order valence-corrected chi connectivity index (χ4v) is 1.56. The van der Waals surface area contributed by atoms with Gasteiger partial charge in [0.15, 0.2) is 0 Å². The third-order valence-electron chi connectivity index (χ3n) is 2.16. The van der Waals surface area contributed by atoms with E-state index in [0.29, 0.717) is 18.3 Å². The SMILES string of the molecule is CC(C)CC(C)Oc1cc(CN)ccn1. The van der Waals surface area contributed by atoms with Crippen molar-refractivity contribution in [1.29, 1.82) is 0 Å². The molecule has 1 unspecified atom stereocenters. The summed E-state index contributed by atoms with van der Waals surface area (Å²) in [6.45, 7) is 6.96. The maximum absolute atomic E-state index is 5.70. The number of hydrogen-bond donors (Lipinski definition) is 1. The zero-order valence-corrected chi connectivity index (χ0v) is 9.73. The van der Waals surface area contributed by atoms with Gasteiger partial charge in [0.25, 0.3) is 0 Å². The van der Waals surface area contributed by atoms with Crippen molar-refractivity contribution >= 4 is 0 Å². The Bertz CT molecular complexity index is 299. The summed E-state index contributed by atoms with van der Waals surface area (Å²) >= 11 is 0. The second kappa shape index (κ2) is 5.71. The molecule has 1 rings (SSSR count). The van der Waals surface area contributed by atoms with Crippen molar-refractivity contribution in [3.63, 3.8) is 0 Å². The van der Waals surface area contributed by atoms with Crippen molar-refractivity contribution in [1.82, 2.24) is 4.98 Å². The molecule has 0 amide bonds. The topological polar surface area (TPSA) is 48.1 Å². The van der Waals surface area contributed by atoms with Crippen LogP contribution in [-0.4, -0.2) is 11.1 Å². The Balaban J connectivity index is 2.55. The molecule has 3 heteroatoms. The Morgan fingerprint density at radius 2 is 2.13 bits per heavy atom. The summed E-state index contributed by atoms with van der Waals surface area (Å²) in [5.74, 6) is 1.31. The van der Waals surface area contributed by atoms with Crippen LogP contribution in [0.15, 0.2) is 18.3 Å². The van der Waals surface area contributed by atoms with E-state index in [9.17, 15) is 0 Å². The smallest absolute Gasteiger partial charge is 0.213 e. The van der Waals surface area contributed by atoms with E-state index >= 15 is 0 Å². The van der Waals surface area contributed by atoms with Crippen LogP contribution in [0.5, 0.6) is 5.88 Å². The van der Waals surface area contributed by atoms with Gasteiger partial charge in [-0.3, -0.25) is 0 Å². The van der Waals surface area contributed by atoms with Crippen molar-refractivity contribution in [2.45, 2.75) is 39.8 Å². The highest BCUT2D eigenvalue weighted by Crippen LogP contribution is 2.14. The van der Waals surface area contributed by atoms with E-state index in [1.807, 2.05) is 12.1 Å². The molecule has 0 aromatic carbocycles. The molecule has 0 fully saturated rings. The van der Waals surface area contributed by atoms with E-state index < -0.39 is 0 Å². The molecular weight excluding hydrogens is 188 g/mol. The molecule has 0 aliphatic carbocycles. The lowest BCUT2D eigenvalue weighted by Crippen LogP contribution is -2.15. The number of ether oxygens (including phenoxy) is 1. The fourth-order valence-electron chi connectivity index (χ4n) is 1.56. The van der Waals surface area contributed by atoms with E-state index in [1.165, 1.54) is 0 Å². The Hall–Kier alpha value is -1.09. The highest BCUT2D eigenvalue weighted by Gasteiger charge is 2.07. The van der Waals surface area contributed by atoms with Crippen LogP contribution in [0.2, 0.25) is 0 Å².